The van der Waals surface area contributed by atoms with Crippen molar-refractivity contribution in [3.05, 3.63) is 65.7 Å². The zero-order valence-corrected chi connectivity index (χ0v) is 13.9. The van der Waals surface area contributed by atoms with Gasteiger partial charge in [0, 0.05) is 18.7 Å². The van der Waals surface area contributed by atoms with E-state index in [9.17, 15) is 9.90 Å². The van der Waals surface area contributed by atoms with Crippen LogP contribution in [0.4, 0.5) is 0 Å². The second kappa shape index (κ2) is 7.05. The third-order valence-electron chi connectivity index (χ3n) is 4.59. The molecule has 24 heavy (non-hydrogen) atoms. The molecule has 0 spiro atoms. The van der Waals surface area contributed by atoms with Crippen LogP contribution in [0.3, 0.4) is 0 Å². The topological polar surface area (TPSA) is 49.8 Å². The van der Waals surface area contributed by atoms with Crippen LogP contribution in [0.15, 0.2) is 54.6 Å². The second-order valence-corrected chi connectivity index (χ2v) is 6.46. The van der Waals surface area contributed by atoms with E-state index in [1.807, 2.05) is 42.5 Å². The summed E-state index contributed by atoms with van der Waals surface area (Å²) in [5, 5.41) is 9.50. The molecule has 1 fully saturated rings. The predicted molar refractivity (Wildman–Crippen MR) is 93.3 cm³/mol. The van der Waals surface area contributed by atoms with E-state index in [1.54, 1.807) is 0 Å². The van der Waals surface area contributed by atoms with Gasteiger partial charge in [0.2, 0.25) is 0 Å². The Morgan fingerprint density at radius 1 is 1.12 bits per heavy atom. The summed E-state index contributed by atoms with van der Waals surface area (Å²) in [5.41, 5.74) is 1.35. The molecule has 0 heterocycles. The summed E-state index contributed by atoms with van der Waals surface area (Å²) >= 11 is 0. The smallest absolute Gasteiger partial charge is 0.314 e. The molecule has 4 heteroatoms. The van der Waals surface area contributed by atoms with E-state index < -0.39 is 11.4 Å². The Morgan fingerprint density at radius 3 is 2.46 bits per heavy atom. The number of hydrogen-bond acceptors (Lipinski definition) is 3. The zero-order chi connectivity index (χ0) is 17.0. The molecule has 4 nitrogen and oxygen atoms in total. The molecule has 126 valence electrons. The third-order valence-corrected chi connectivity index (χ3v) is 4.59. The number of hydrogen-bond donors (Lipinski definition) is 1. The Labute approximate surface area is 142 Å². The largest absolute Gasteiger partial charge is 0.492 e. The molecule has 1 aliphatic carbocycles. The Balaban J connectivity index is 1.57. The fourth-order valence-corrected chi connectivity index (χ4v) is 3.00. The first kappa shape index (κ1) is 16.5. The molecular weight excluding hydrogens is 302 g/mol. The van der Waals surface area contributed by atoms with Crippen LogP contribution in [0.1, 0.15) is 24.0 Å². The first-order chi connectivity index (χ1) is 11.6. The van der Waals surface area contributed by atoms with Crippen molar-refractivity contribution in [2.75, 3.05) is 20.2 Å². The number of carboxylic acids is 1. The molecule has 2 aromatic carbocycles. The Kier molecular flexibility index (Phi) is 4.86. The van der Waals surface area contributed by atoms with Crippen molar-refractivity contribution in [2.24, 2.45) is 0 Å². The number of benzene rings is 2. The number of carbonyl (C=O) groups is 1. The van der Waals surface area contributed by atoms with Crippen molar-refractivity contribution in [1.82, 2.24) is 4.90 Å². The molecule has 0 saturated heterocycles. The molecule has 0 amide bonds. The van der Waals surface area contributed by atoms with Crippen molar-refractivity contribution in [3.8, 4) is 5.75 Å². The Morgan fingerprint density at radius 2 is 1.79 bits per heavy atom. The lowest BCUT2D eigenvalue weighted by molar-refractivity contribution is -0.140. The van der Waals surface area contributed by atoms with Crippen LogP contribution in [0.25, 0.3) is 0 Å². The van der Waals surface area contributed by atoms with Gasteiger partial charge >= 0.3 is 5.97 Å². The van der Waals surface area contributed by atoms with Crippen molar-refractivity contribution < 1.29 is 14.6 Å². The number of likely N-dealkylation sites (N-methyl/N-ethyl adjacent to an activating group) is 1. The summed E-state index contributed by atoms with van der Waals surface area (Å²) in [7, 11) is 2.06. The van der Waals surface area contributed by atoms with E-state index in [4.69, 9.17) is 4.74 Å². The number of nitrogens with zero attached hydrogens (tertiary/aromatic N) is 1. The van der Waals surface area contributed by atoms with E-state index in [2.05, 4.69) is 24.1 Å². The number of carboxylic acid groups (broad SMARTS) is 1. The molecule has 0 bridgehead atoms. The normalized spacial score (nSPS) is 15.2. The van der Waals surface area contributed by atoms with Crippen LogP contribution in [-0.4, -0.2) is 36.2 Å². The molecule has 0 unspecified atom stereocenters. The van der Waals surface area contributed by atoms with Crippen LogP contribution in [-0.2, 0) is 16.8 Å². The molecule has 0 aromatic heterocycles. The zero-order valence-electron chi connectivity index (χ0n) is 13.9. The Hall–Kier alpha value is -2.33. The predicted octanol–water partition coefficient (Wildman–Crippen LogP) is 3.31. The van der Waals surface area contributed by atoms with Gasteiger partial charge in [-0.3, -0.25) is 9.69 Å². The number of para-hydroxylation sites is 1. The summed E-state index contributed by atoms with van der Waals surface area (Å²) in [6.45, 7) is 2.18. The van der Waals surface area contributed by atoms with Crippen LogP contribution in [0.2, 0.25) is 0 Å². The van der Waals surface area contributed by atoms with Gasteiger partial charge in [0.05, 0.1) is 5.41 Å². The van der Waals surface area contributed by atoms with Gasteiger partial charge in [-0.05, 0) is 31.5 Å². The van der Waals surface area contributed by atoms with Crippen molar-refractivity contribution in [3.63, 3.8) is 0 Å². The maximum Gasteiger partial charge on any atom is 0.314 e. The minimum atomic E-state index is -0.750. The SMILES string of the molecule is CN(CCOc1ccccc1C1(C(=O)O)CC1)Cc1ccccc1. The minimum Gasteiger partial charge on any atom is -0.492 e. The lowest BCUT2D eigenvalue weighted by Gasteiger charge is -2.19. The van der Waals surface area contributed by atoms with Crippen molar-refractivity contribution in [1.29, 1.82) is 0 Å². The van der Waals surface area contributed by atoms with E-state index in [1.165, 1.54) is 5.56 Å². The van der Waals surface area contributed by atoms with Gasteiger partial charge in [0.15, 0.2) is 0 Å². The highest BCUT2D eigenvalue weighted by Gasteiger charge is 2.53. The standard InChI is InChI=1S/C20H23NO3/c1-21(15-16-7-3-2-4-8-16)13-14-24-18-10-6-5-9-17(18)20(11-12-20)19(22)23/h2-10H,11-15H2,1H3,(H,22,23). The van der Waals surface area contributed by atoms with Crippen molar-refractivity contribution >= 4 is 5.97 Å². The van der Waals surface area contributed by atoms with Gasteiger partial charge < -0.3 is 9.84 Å². The monoisotopic (exact) mass is 325 g/mol. The van der Waals surface area contributed by atoms with Gasteiger partial charge in [0.1, 0.15) is 12.4 Å². The quantitative estimate of drug-likeness (QED) is 0.809. The van der Waals surface area contributed by atoms with Crippen LogP contribution < -0.4 is 4.74 Å². The van der Waals surface area contributed by atoms with Gasteiger partial charge in [-0.1, -0.05) is 48.5 Å². The van der Waals surface area contributed by atoms with Gasteiger partial charge in [-0.15, -0.1) is 0 Å². The molecule has 0 radical (unpaired) electrons. The van der Waals surface area contributed by atoms with Crippen LogP contribution >= 0.6 is 0 Å². The second-order valence-electron chi connectivity index (χ2n) is 6.46. The highest BCUT2D eigenvalue weighted by molar-refractivity contribution is 5.86. The highest BCUT2D eigenvalue weighted by atomic mass is 16.5. The van der Waals surface area contributed by atoms with E-state index in [0.717, 1.165) is 18.7 Å². The maximum absolute atomic E-state index is 11.6. The highest BCUT2D eigenvalue weighted by Crippen LogP contribution is 2.51. The summed E-state index contributed by atoms with van der Waals surface area (Å²) in [4.78, 5) is 13.8. The lowest BCUT2D eigenvalue weighted by atomic mass is 9.95. The molecule has 1 N–H and O–H groups in total. The molecule has 1 aliphatic rings. The van der Waals surface area contributed by atoms with E-state index in [-0.39, 0.29) is 0 Å². The fraction of sp³-hybridized carbons (Fsp3) is 0.350. The first-order valence-electron chi connectivity index (χ1n) is 8.30. The molecule has 1 saturated carbocycles. The average molecular weight is 325 g/mol. The third kappa shape index (κ3) is 3.60. The average Bonchev–Trinajstić information content (AvgIpc) is 3.38. The number of ether oxygens (including phenoxy) is 1. The lowest BCUT2D eigenvalue weighted by Crippen LogP contribution is -2.25. The van der Waals surface area contributed by atoms with Crippen molar-refractivity contribution in [2.45, 2.75) is 24.8 Å². The minimum absolute atomic E-state index is 0.538. The van der Waals surface area contributed by atoms with Gasteiger partial charge in [0.25, 0.3) is 0 Å². The molecule has 0 aliphatic heterocycles. The van der Waals surface area contributed by atoms with Crippen LogP contribution in [0.5, 0.6) is 5.75 Å². The van der Waals surface area contributed by atoms with E-state index >= 15 is 0 Å². The van der Waals surface area contributed by atoms with Crippen LogP contribution in [0, 0.1) is 0 Å². The number of aliphatic carboxylic acids is 1. The molecule has 2 aromatic rings. The first-order valence-corrected chi connectivity index (χ1v) is 8.30. The fourth-order valence-electron chi connectivity index (χ4n) is 3.00. The summed E-state index contributed by atoms with van der Waals surface area (Å²) in [6, 6.07) is 17.8. The summed E-state index contributed by atoms with van der Waals surface area (Å²) in [5.74, 6) is -0.0507. The maximum atomic E-state index is 11.6. The molecule has 0 atom stereocenters. The summed E-state index contributed by atoms with van der Waals surface area (Å²) in [6.07, 6.45) is 1.38. The Bertz CT molecular complexity index is 695. The van der Waals surface area contributed by atoms with Gasteiger partial charge in [-0.2, -0.15) is 0 Å². The summed E-state index contributed by atoms with van der Waals surface area (Å²) < 4.78 is 5.92. The van der Waals surface area contributed by atoms with E-state index in [0.29, 0.717) is 25.2 Å². The van der Waals surface area contributed by atoms with Gasteiger partial charge in [-0.25, -0.2) is 0 Å². The molecule has 3 rings (SSSR count). The molecular formula is C20H23NO3. The number of rotatable bonds is 8.